The zero-order valence-corrected chi connectivity index (χ0v) is 19.7. The standard InChI is InChI=1S/C17H13F21O4/c1-7(2)40-3-5(39)6(4-41-7)42-17(37,38)15(32,33)13(28,29)11(24,25)9(20,21)8(18,19)10(22,23)12(26,27)14(30,31)16(34,35)36/h5-6,39H,3-4H2,1-2H3. The molecule has 25 heteroatoms. The van der Waals surface area contributed by atoms with E-state index in [4.69, 9.17) is 0 Å². The highest BCUT2D eigenvalue weighted by Gasteiger charge is 2.98. The van der Waals surface area contributed by atoms with Gasteiger partial charge in [0.25, 0.3) is 0 Å². The number of aliphatic hydroxyl groups excluding tert-OH is 1. The van der Waals surface area contributed by atoms with Gasteiger partial charge in [-0.3, -0.25) is 0 Å². The molecule has 0 bridgehead atoms. The number of ether oxygens (including phenoxy) is 3. The van der Waals surface area contributed by atoms with Crippen LogP contribution in [-0.4, -0.2) is 96.0 Å². The topological polar surface area (TPSA) is 47.9 Å². The number of hydrogen-bond acceptors (Lipinski definition) is 4. The zero-order chi connectivity index (χ0) is 34.2. The van der Waals surface area contributed by atoms with Gasteiger partial charge in [0.2, 0.25) is 0 Å². The lowest BCUT2D eigenvalue weighted by Crippen LogP contribution is -2.77. The average Bonchev–Trinajstić information content (AvgIpc) is 2.90. The molecule has 1 saturated heterocycles. The van der Waals surface area contributed by atoms with E-state index in [0.29, 0.717) is 0 Å². The summed E-state index contributed by atoms with van der Waals surface area (Å²) < 4.78 is 293. The van der Waals surface area contributed by atoms with Crippen LogP contribution in [0, 0.1) is 0 Å². The summed E-state index contributed by atoms with van der Waals surface area (Å²) in [6.07, 6.45) is -21.0. The third-order valence-corrected chi connectivity index (χ3v) is 5.41. The Morgan fingerprint density at radius 3 is 1.12 bits per heavy atom. The lowest BCUT2D eigenvalue weighted by Gasteiger charge is -2.44. The second-order valence-electron chi connectivity index (χ2n) is 8.86. The minimum absolute atomic E-state index is 0.954. The van der Waals surface area contributed by atoms with Crippen molar-refractivity contribution in [1.82, 2.24) is 0 Å². The molecule has 252 valence electrons. The lowest BCUT2D eigenvalue weighted by molar-refractivity contribution is -0.487. The molecular formula is C17H13F21O4. The molecule has 0 radical (unpaired) electrons. The first-order valence-corrected chi connectivity index (χ1v) is 10.1. The fraction of sp³-hybridized carbons (Fsp3) is 1.00. The Morgan fingerprint density at radius 2 is 0.786 bits per heavy atom. The number of hydrogen-bond donors (Lipinski definition) is 1. The molecule has 1 aliphatic heterocycles. The summed E-state index contributed by atoms with van der Waals surface area (Å²) in [6, 6.07) is 0. The molecular weight excluding hydrogens is 667 g/mol. The van der Waals surface area contributed by atoms with E-state index in [2.05, 4.69) is 14.2 Å². The molecule has 42 heavy (non-hydrogen) atoms. The maximum atomic E-state index is 14.0. The summed E-state index contributed by atoms with van der Waals surface area (Å²) in [5.41, 5.74) is 0. The molecule has 0 aromatic carbocycles. The second-order valence-corrected chi connectivity index (χ2v) is 8.86. The zero-order valence-electron chi connectivity index (χ0n) is 19.7. The van der Waals surface area contributed by atoms with Gasteiger partial charge in [-0.2, -0.15) is 92.2 Å². The van der Waals surface area contributed by atoms with Crippen molar-refractivity contribution in [3.8, 4) is 0 Å². The van der Waals surface area contributed by atoms with Gasteiger partial charge < -0.3 is 19.3 Å². The summed E-state index contributed by atoms with van der Waals surface area (Å²) >= 11 is 0. The fourth-order valence-electron chi connectivity index (χ4n) is 2.75. The number of halogens is 21. The molecule has 0 amide bonds. The minimum atomic E-state index is -9.26. The summed E-state index contributed by atoms with van der Waals surface area (Å²) in [6.45, 7) is -0.891. The summed E-state index contributed by atoms with van der Waals surface area (Å²) in [5, 5.41) is 9.54. The van der Waals surface area contributed by atoms with E-state index < -0.39 is 90.9 Å². The molecule has 1 heterocycles. The number of aliphatic hydroxyl groups is 1. The van der Waals surface area contributed by atoms with Gasteiger partial charge in [0.1, 0.15) is 12.2 Å². The Morgan fingerprint density at radius 1 is 0.500 bits per heavy atom. The van der Waals surface area contributed by atoms with Gasteiger partial charge in [-0.15, -0.1) is 0 Å². The smallest absolute Gasteiger partial charge is 0.388 e. The monoisotopic (exact) mass is 680 g/mol. The summed E-state index contributed by atoms with van der Waals surface area (Å²) in [7, 11) is 0. The van der Waals surface area contributed by atoms with E-state index in [0.717, 1.165) is 13.8 Å². The van der Waals surface area contributed by atoms with Crippen LogP contribution in [0.5, 0.6) is 0 Å². The van der Waals surface area contributed by atoms with E-state index in [1.807, 2.05) is 0 Å². The SMILES string of the molecule is CC1(C)OCC(O)C(OC(F)(F)C(F)(F)C(F)(F)C(F)(F)C(F)(F)C(F)(F)C(F)(F)C(F)(F)C(F)(F)C(F)(F)F)CO1. The molecule has 1 fully saturated rings. The first-order valence-electron chi connectivity index (χ1n) is 10.1. The Bertz CT molecular complexity index is 972. The van der Waals surface area contributed by atoms with Gasteiger partial charge in [-0.1, -0.05) is 0 Å². The van der Waals surface area contributed by atoms with E-state index in [1.165, 1.54) is 0 Å². The van der Waals surface area contributed by atoms with Gasteiger partial charge in [0.05, 0.1) is 13.2 Å². The van der Waals surface area contributed by atoms with E-state index >= 15 is 0 Å². The maximum absolute atomic E-state index is 14.0. The van der Waals surface area contributed by atoms with E-state index in [1.54, 1.807) is 0 Å². The highest BCUT2D eigenvalue weighted by molar-refractivity contribution is 5.17. The number of rotatable bonds is 10. The highest BCUT2D eigenvalue weighted by Crippen LogP contribution is 2.66. The Labute approximate surface area is 217 Å². The minimum Gasteiger partial charge on any atom is -0.388 e. The molecule has 2 unspecified atom stereocenters. The van der Waals surface area contributed by atoms with Crippen molar-refractivity contribution in [1.29, 1.82) is 0 Å². The summed E-state index contributed by atoms with van der Waals surface area (Å²) in [4.78, 5) is 0. The van der Waals surface area contributed by atoms with Crippen LogP contribution in [0.1, 0.15) is 13.8 Å². The average molecular weight is 680 g/mol. The van der Waals surface area contributed by atoms with Crippen LogP contribution in [0.25, 0.3) is 0 Å². The lowest BCUT2D eigenvalue weighted by atomic mass is 9.87. The van der Waals surface area contributed by atoms with Gasteiger partial charge >= 0.3 is 59.7 Å². The molecule has 0 aromatic rings. The van der Waals surface area contributed by atoms with Crippen molar-refractivity contribution in [2.75, 3.05) is 13.2 Å². The maximum Gasteiger partial charge on any atom is 0.460 e. The molecule has 1 N–H and O–H groups in total. The van der Waals surface area contributed by atoms with Crippen molar-refractivity contribution >= 4 is 0 Å². The Kier molecular flexibility index (Phi) is 9.33. The largest absolute Gasteiger partial charge is 0.460 e. The van der Waals surface area contributed by atoms with Crippen LogP contribution in [0.4, 0.5) is 92.2 Å². The molecule has 4 nitrogen and oxygen atoms in total. The quantitative estimate of drug-likeness (QED) is 0.260. The van der Waals surface area contributed by atoms with Gasteiger partial charge in [0.15, 0.2) is 5.79 Å². The third kappa shape index (κ3) is 5.32. The van der Waals surface area contributed by atoms with Crippen LogP contribution < -0.4 is 0 Å². The van der Waals surface area contributed by atoms with Crippen LogP contribution in [0.15, 0.2) is 0 Å². The van der Waals surface area contributed by atoms with Crippen molar-refractivity contribution in [2.45, 2.75) is 91.5 Å². The van der Waals surface area contributed by atoms with Crippen LogP contribution in [-0.2, 0) is 14.2 Å². The summed E-state index contributed by atoms with van der Waals surface area (Å²) in [5.74, 6) is -73.2. The first-order chi connectivity index (χ1) is 17.9. The van der Waals surface area contributed by atoms with Crippen molar-refractivity contribution in [3.63, 3.8) is 0 Å². The van der Waals surface area contributed by atoms with Gasteiger partial charge in [-0.05, 0) is 13.8 Å². The molecule has 2 atom stereocenters. The predicted molar refractivity (Wildman–Crippen MR) is 87.4 cm³/mol. The molecule has 0 saturated carbocycles. The molecule has 1 aliphatic rings. The predicted octanol–water partition coefficient (Wildman–Crippen LogP) is 6.75. The third-order valence-electron chi connectivity index (χ3n) is 5.41. The van der Waals surface area contributed by atoms with Crippen LogP contribution in [0.3, 0.4) is 0 Å². The molecule has 0 aliphatic carbocycles. The Balaban J connectivity index is 3.65. The van der Waals surface area contributed by atoms with Crippen molar-refractivity contribution in [3.05, 3.63) is 0 Å². The molecule has 1 rings (SSSR count). The second kappa shape index (κ2) is 10.2. The fourth-order valence-corrected chi connectivity index (χ4v) is 2.75. The molecule has 0 aromatic heterocycles. The highest BCUT2D eigenvalue weighted by atomic mass is 19.4. The number of alkyl halides is 21. The van der Waals surface area contributed by atoms with Crippen molar-refractivity contribution < 1.29 is 112 Å². The first kappa shape index (κ1) is 38.4. The Hall–Kier alpha value is -1.63. The normalized spacial score (nSPS) is 23.1. The van der Waals surface area contributed by atoms with Crippen LogP contribution in [0.2, 0.25) is 0 Å². The van der Waals surface area contributed by atoms with Gasteiger partial charge in [0, 0.05) is 0 Å². The van der Waals surface area contributed by atoms with Crippen LogP contribution >= 0.6 is 0 Å². The molecule has 0 spiro atoms. The van der Waals surface area contributed by atoms with Crippen molar-refractivity contribution in [2.24, 2.45) is 0 Å². The van der Waals surface area contributed by atoms with Gasteiger partial charge in [-0.25, -0.2) is 0 Å². The van der Waals surface area contributed by atoms with E-state index in [9.17, 15) is 97.3 Å². The van der Waals surface area contributed by atoms with E-state index in [-0.39, 0.29) is 0 Å².